The Bertz CT molecular complexity index is 382. The van der Waals surface area contributed by atoms with Crippen molar-refractivity contribution in [2.45, 2.75) is 34.1 Å². The first kappa shape index (κ1) is 13.2. The lowest BCUT2D eigenvalue weighted by Gasteiger charge is -2.29. The van der Waals surface area contributed by atoms with E-state index < -0.39 is 0 Å². The highest BCUT2D eigenvalue weighted by atomic mass is 35.5. The summed E-state index contributed by atoms with van der Waals surface area (Å²) in [6.45, 7) is 8.36. The predicted octanol–water partition coefficient (Wildman–Crippen LogP) is 4.60. The molecule has 1 atom stereocenters. The average Bonchev–Trinajstić information content (AvgIpc) is 2.27. The van der Waals surface area contributed by atoms with Crippen LogP contribution in [0.25, 0.3) is 0 Å². The fraction of sp³-hybridized carbons (Fsp3) is 0.500. The highest BCUT2D eigenvalue weighted by molar-refractivity contribution is 6.31. The number of hydrogen-bond acceptors (Lipinski definition) is 1. The number of ketones is 1. The van der Waals surface area contributed by atoms with Crippen molar-refractivity contribution in [2.75, 3.05) is 0 Å². The molecule has 2 heteroatoms. The van der Waals surface area contributed by atoms with Crippen molar-refractivity contribution in [3.8, 4) is 0 Å². The topological polar surface area (TPSA) is 17.1 Å². The number of carbonyl (C=O) groups excluding carboxylic acids is 1. The van der Waals surface area contributed by atoms with Crippen LogP contribution < -0.4 is 0 Å². The highest BCUT2D eigenvalue weighted by Gasteiger charge is 2.30. The van der Waals surface area contributed by atoms with E-state index in [1.165, 1.54) is 0 Å². The zero-order valence-electron chi connectivity index (χ0n) is 10.4. The minimum absolute atomic E-state index is 0.0102. The zero-order valence-corrected chi connectivity index (χ0v) is 11.1. The average molecular weight is 239 g/mol. The Hall–Kier alpha value is -0.820. The first-order valence-electron chi connectivity index (χ1n) is 5.68. The third-order valence-electron chi connectivity index (χ3n) is 3.59. The molecule has 0 aromatic heterocycles. The maximum absolute atomic E-state index is 12.2. The number of carbonyl (C=O) groups is 1. The van der Waals surface area contributed by atoms with Crippen molar-refractivity contribution in [1.82, 2.24) is 0 Å². The SMILES string of the molecule is CCC(C)(C)C(C)C(=O)c1cccc(Cl)c1. The number of hydrogen-bond donors (Lipinski definition) is 0. The number of halogens is 1. The third kappa shape index (κ3) is 2.85. The molecule has 1 aromatic carbocycles. The molecular weight excluding hydrogens is 220 g/mol. The lowest BCUT2D eigenvalue weighted by molar-refractivity contribution is 0.0814. The van der Waals surface area contributed by atoms with Crippen LogP contribution in [0.2, 0.25) is 5.02 Å². The van der Waals surface area contributed by atoms with Crippen LogP contribution in [0, 0.1) is 11.3 Å². The van der Waals surface area contributed by atoms with Crippen molar-refractivity contribution in [3.63, 3.8) is 0 Å². The van der Waals surface area contributed by atoms with Crippen LogP contribution in [0.1, 0.15) is 44.5 Å². The first-order valence-corrected chi connectivity index (χ1v) is 6.06. The van der Waals surface area contributed by atoms with E-state index >= 15 is 0 Å². The summed E-state index contributed by atoms with van der Waals surface area (Å²) in [6, 6.07) is 7.18. The van der Waals surface area contributed by atoms with Crippen LogP contribution in [-0.2, 0) is 0 Å². The van der Waals surface area contributed by atoms with Gasteiger partial charge in [0, 0.05) is 16.5 Å². The maximum atomic E-state index is 12.2. The highest BCUT2D eigenvalue weighted by Crippen LogP contribution is 2.32. The Labute approximate surface area is 103 Å². The van der Waals surface area contributed by atoms with E-state index in [-0.39, 0.29) is 17.1 Å². The second kappa shape index (κ2) is 5.01. The normalized spacial score (nSPS) is 13.6. The first-order chi connectivity index (χ1) is 7.38. The molecule has 0 heterocycles. The quantitative estimate of drug-likeness (QED) is 0.701. The molecule has 16 heavy (non-hydrogen) atoms. The Morgan fingerprint density at radius 1 is 1.44 bits per heavy atom. The lowest BCUT2D eigenvalue weighted by Crippen LogP contribution is -2.28. The van der Waals surface area contributed by atoms with Crippen LogP contribution in [0.3, 0.4) is 0 Å². The summed E-state index contributed by atoms with van der Waals surface area (Å²) in [5.41, 5.74) is 0.737. The summed E-state index contributed by atoms with van der Waals surface area (Å²) in [5, 5.41) is 0.618. The molecule has 0 saturated heterocycles. The number of Topliss-reactive ketones (excluding diaryl/α,β-unsaturated/α-hetero) is 1. The van der Waals surface area contributed by atoms with Gasteiger partial charge in [-0.15, -0.1) is 0 Å². The zero-order chi connectivity index (χ0) is 12.3. The van der Waals surface area contributed by atoms with Crippen LogP contribution in [-0.4, -0.2) is 5.78 Å². The molecule has 0 radical (unpaired) electrons. The Morgan fingerprint density at radius 2 is 2.06 bits per heavy atom. The molecule has 0 aliphatic heterocycles. The Kier molecular flexibility index (Phi) is 4.15. The third-order valence-corrected chi connectivity index (χ3v) is 3.82. The van der Waals surface area contributed by atoms with Crippen molar-refractivity contribution in [1.29, 1.82) is 0 Å². The van der Waals surface area contributed by atoms with Gasteiger partial charge in [0.2, 0.25) is 0 Å². The molecule has 0 N–H and O–H groups in total. The smallest absolute Gasteiger partial charge is 0.166 e. The lowest BCUT2D eigenvalue weighted by atomic mass is 9.74. The van der Waals surface area contributed by atoms with Crippen molar-refractivity contribution < 1.29 is 4.79 Å². The minimum atomic E-state index is 0.0102. The minimum Gasteiger partial charge on any atom is -0.294 e. The summed E-state index contributed by atoms with van der Waals surface area (Å²) in [7, 11) is 0. The summed E-state index contributed by atoms with van der Waals surface area (Å²) in [4.78, 5) is 12.2. The molecule has 1 nitrogen and oxygen atoms in total. The van der Waals surface area contributed by atoms with Crippen LogP contribution in [0.15, 0.2) is 24.3 Å². The molecular formula is C14H19ClO. The van der Waals surface area contributed by atoms with Crippen LogP contribution >= 0.6 is 11.6 Å². The molecule has 88 valence electrons. The monoisotopic (exact) mass is 238 g/mol. The Balaban J connectivity index is 2.95. The van der Waals surface area contributed by atoms with Crippen molar-refractivity contribution in [3.05, 3.63) is 34.9 Å². The van der Waals surface area contributed by atoms with E-state index in [0.717, 1.165) is 6.42 Å². The van der Waals surface area contributed by atoms with Gasteiger partial charge >= 0.3 is 0 Å². The fourth-order valence-corrected chi connectivity index (χ4v) is 1.74. The van der Waals surface area contributed by atoms with Crippen molar-refractivity contribution >= 4 is 17.4 Å². The van der Waals surface area contributed by atoms with Gasteiger partial charge in [0.15, 0.2) is 5.78 Å². The second-order valence-corrected chi connectivity index (χ2v) is 5.37. The van der Waals surface area contributed by atoms with Gasteiger partial charge in [-0.2, -0.15) is 0 Å². The summed E-state index contributed by atoms with van der Waals surface area (Å²) in [6.07, 6.45) is 0.987. The number of rotatable bonds is 4. The molecule has 0 amide bonds. The molecule has 0 spiro atoms. The van der Waals surface area contributed by atoms with Gasteiger partial charge in [0.05, 0.1) is 0 Å². The number of benzene rings is 1. The van der Waals surface area contributed by atoms with E-state index in [9.17, 15) is 4.79 Å². The molecule has 0 bridgehead atoms. The van der Waals surface area contributed by atoms with E-state index in [1.54, 1.807) is 12.1 Å². The largest absolute Gasteiger partial charge is 0.294 e. The molecule has 1 aromatic rings. The van der Waals surface area contributed by atoms with Gasteiger partial charge in [-0.05, 0) is 17.5 Å². The van der Waals surface area contributed by atoms with Crippen LogP contribution in [0.5, 0.6) is 0 Å². The molecule has 1 unspecified atom stereocenters. The maximum Gasteiger partial charge on any atom is 0.166 e. The van der Waals surface area contributed by atoms with Gasteiger partial charge in [-0.3, -0.25) is 4.79 Å². The molecule has 0 saturated carbocycles. The molecule has 0 aliphatic rings. The summed E-state index contributed by atoms with van der Waals surface area (Å²) >= 11 is 5.89. The van der Waals surface area contributed by atoms with Crippen molar-refractivity contribution in [2.24, 2.45) is 11.3 Å². The summed E-state index contributed by atoms with van der Waals surface area (Å²) in [5.74, 6) is 0.185. The summed E-state index contributed by atoms with van der Waals surface area (Å²) < 4.78 is 0. The van der Waals surface area contributed by atoms with Gasteiger partial charge in [-0.1, -0.05) is 57.8 Å². The van der Waals surface area contributed by atoms with E-state index in [4.69, 9.17) is 11.6 Å². The van der Waals surface area contributed by atoms with E-state index in [1.807, 2.05) is 19.1 Å². The van der Waals surface area contributed by atoms with Gasteiger partial charge in [-0.25, -0.2) is 0 Å². The molecule has 1 rings (SSSR count). The van der Waals surface area contributed by atoms with E-state index in [2.05, 4.69) is 20.8 Å². The van der Waals surface area contributed by atoms with Crippen LogP contribution in [0.4, 0.5) is 0 Å². The van der Waals surface area contributed by atoms with Gasteiger partial charge in [0.25, 0.3) is 0 Å². The Morgan fingerprint density at radius 3 is 2.56 bits per heavy atom. The molecule has 0 aliphatic carbocycles. The fourth-order valence-electron chi connectivity index (χ4n) is 1.55. The predicted molar refractivity (Wildman–Crippen MR) is 69.0 cm³/mol. The van der Waals surface area contributed by atoms with Gasteiger partial charge < -0.3 is 0 Å². The standard InChI is InChI=1S/C14H19ClO/c1-5-14(3,4)10(2)13(16)11-7-6-8-12(15)9-11/h6-10H,5H2,1-4H3. The second-order valence-electron chi connectivity index (χ2n) is 4.94. The van der Waals surface area contributed by atoms with Gasteiger partial charge in [0.1, 0.15) is 0 Å². The van der Waals surface area contributed by atoms with E-state index in [0.29, 0.717) is 10.6 Å². The molecule has 0 fully saturated rings.